The van der Waals surface area contributed by atoms with E-state index in [4.69, 9.17) is 14.8 Å². The fourth-order valence-corrected chi connectivity index (χ4v) is 2.39. The quantitative estimate of drug-likeness (QED) is 0.710. The molecule has 1 aromatic carbocycles. The molecule has 1 aromatic rings. The molecule has 3 nitrogen and oxygen atoms in total. The number of hydrogen-bond acceptors (Lipinski definition) is 3. The first-order valence-electron chi connectivity index (χ1n) is 6.99. The van der Waals surface area contributed by atoms with Crippen LogP contribution in [0.1, 0.15) is 26.3 Å². The van der Waals surface area contributed by atoms with Crippen molar-refractivity contribution in [2.75, 3.05) is 7.11 Å². The van der Waals surface area contributed by atoms with Crippen LogP contribution in [0.4, 0.5) is 0 Å². The van der Waals surface area contributed by atoms with Crippen LogP contribution in [0.25, 0.3) is 11.1 Å². The fourth-order valence-electron chi connectivity index (χ4n) is 2.39. The van der Waals surface area contributed by atoms with E-state index in [2.05, 4.69) is 12.1 Å². The van der Waals surface area contributed by atoms with Gasteiger partial charge < -0.3 is 14.8 Å². The van der Waals surface area contributed by atoms with Gasteiger partial charge in [0.15, 0.2) is 0 Å². The van der Waals surface area contributed by atoms with Gasteiger partial charge in [-0.15, -0.1) is 0 Å². The lowest BCUT2D eigenvalue weighted by atomic mass is 9.70. The van der Waals surface area contributed by atoms with Crippen LogP contribution in [-0.4, -0.2) is 24.3 Å². The Bertz CT molecular complexity index is 610. The average Bonchev–Trinajstić information content (AvgIpc) is 2.88. The minimum absolute atomic E-state index is 0.0553. The van der Waals surface area contributed by atoms with Crippen molar-refractivity contribution in [2.24, 2.45) is 0 Å². The Morgan fingerprint density at radius 2 is 1.48 bits per heavy atom. The number of rotatable bonds is 2. The molecule has 0 spiro atoms. The van der Waals surface area contributed by atoms with E-state index in [1.165, 1.54) is 11.1 Å². The topological polar surface area (TPSA) is 49.7 Å². The van der Waals surface area contributed by atoms with Gasteiger partial charge in [0.2, 0.25) is 0 Å². The minimum atomic E-state index is -1.38. The highest BCUT2D eigenvalue weighted by molar-refractivity contribution is 6.59. The van der Waals surface area contributed by atoms with E-state index in [0.717, 1.165) is 11.3 Å². The van der Waals surface area contributed by atoms with Gasteiger partial charge >= 0.3 is 7.12 Å². The van der Waals surface area contributed by atoms with Crippen molar-refractivity contribution in [3.05, 3.63) is 48.0 Å². The molecule has 0 heterocycles. The molecule has 2 aliphatic carbocycles. The zero-order valence-electron chi connectivity index (χ0n) is 12.9. The van der Waals surface area contributed by atoms with Gasteiger partial charge in [0.25, 0.3) is 0 Å². The molecular formula is C17H21BO3. The number of benzene rings is 2. The molecule has 0 radical (unpaired) electrons. The van der Waals surface area contributed by atoms with Crippen LogP contribution in [0.15, 0.2) is 42.5 Å². The molecule has 0 aliphatic heterocycles. The molecule has 4 heteroatoms. The van der Waals surface area contributed by atoms with Crippen LogP contribution < -0.4 is 10.2 Å². The lowest BCUT2D eigenvalue weighted by Gasteiger charge is -2.22. The molecule has 0 aromatic heterocycles. The molecule has 0 amide bonds. The van der Waals surface area contributed by atoms with Gasteiger partial charge in [0.1, 0.15) is 5.75 Å². The van der Waals surface area contributed by atoms with E-state index in [0.29, 0.717) is 5.46 Å². The molecule has 21 heavy (non-hydrogen) atoms. The molecule has 2 N–H and O–H groups in total. The van der Waals surface area contributed by atoms with Crippen molar-refractivity contribution in [3.8, 4) is 16.9 Å². The van der Waals surface area contributed by atoms with Crippen LogP contribution in [0.5, 0.6) is 5.75 Å². The van der Waals surface area contributed by atoms with Crippen LogP contribution in [-0.2, 0) is 5.41 Å². The van der Waals surface area contributed by atoms with Crippen LogP contribution in [0.3, 0.4) is 0 Å². The Kier molecular flexibility index (Phi) is 4.40. The Morgan fingerprint density at radius 1 is 0.905 bits per heavy atom. The van der Waals surface area contributed by atoms with Gasteiger partial charge in [0, 0.05) is 11.1 Å². The number of para-hydroxylation sites is 1. The first-order chi connectivity index (χ1) is 9.86. The number of ether oxygens (including phenoxy) is 1. The summed E-state index contributed by atoms with van der Waals surface area (Å²) in [5.74, 6) is 1.08. The Hall–Kier alpha value is -1.78. The highest BCUT2D eigenvalue weighted by Gasteiger charge is 2.24. The number of fused-ring (bicyclic) bond motifs is 1. The number of hydrogen-bond donors (Lipinski definition) is 2. The van der Waals surface area contributed by atoms with Crippen molar-refractivity contribution in [1.29, 1.82) is 0 Å². The average molecular weight is 284 g/mol. The van der Waals surface area contributed by atoms with Gasteiger partial charge in [-0.2, -0.15) is 0 Å². The van der Waals surface area contributed by atoms with Crippen molar-refractivity contribution in [1.82, 2.24) is 0 Å². The van der Waals surface area contributed by atoms with E-state index in [1.807, 2.05) is 45.0 Å². The van der Waals surface area contributed by atoms with Gasteiger partial charge in [-0.25, -0.2) is 0 Å². The zero-order valence-corrected chi connectivity index (χ0v) is 12.9. The van der Waals surface area contributed by atoms with E-state index in [9.17, 15) is 0 Å². The molecule has 2 aliphatic rings. The smallest absolute Gasteiger partial charge is 0.488 e. The Labute approximate surface area is 126 Å². The summed E-state index contributed by atoms with van der Waals surface area (Å²) in [6.45, 7) is 6.15. The molecule has 0 saturated carbocycles. The normalized spacial score (nSPS) is 11.3. The predicted molar refractivity (Wildman–Crippen MR) is 87.0 cm³/mol. The third-order valence-corrected chi connectivity index (χ3v) is 3.49. The van der Waals surface area contributed by atoms with Crippen LogP contribution in [0, 0.1) is 0 Å². The summed E-state index contributed by atoms with van der Waals surface area (Å²) >= 11 is 0. The largest absolute Gasteiger partial charge is 0.495 e. The first-order valence-corrected chi connectivity index (χ1v) is 6.99. The summed E-state index contributed by atoms with van der Waals surface area (Å²) in [4.78, 5) is 0. The highest BCUT2D eigenvalue weighted by atomic mass is 16.5. The summed E-state index contributed by atoms with van der Waals surface area (Å²) in [5, 5.41) is 18.2. The number of methoxy groups -OCH3 is 1. The van der Waals surface area contributed by atoms with E-state index in [-0.39, 0.29) is 5.41 Å². The van der Waals surface area contributed by atoms with Gasteiger partial charge in [-0.05, 0) is 16.4 Å². The molecule has 0 bridgehead atoms. The third-order valence-electron chi connectivity index (χ3n) is 3.49. The summed E-state index contributed by atoms with van der Waals surface area (Å²) < 4.78 is 4.99. The van der Waals surface area contributed by atoms with E-state index >= 15 is 0 Å². The zero-order chi connectivity index (χ0) is 15.6. The van der Waals surface area contributed by atoms with Crippen molar-refractivity contribution in [3.63, 3.8) is 0 Å². The molecule has 0 unspecified atom stereocenters. The predicted octanol–water partition coefficient (Wildman–Crippen LogP) is 2.34. The SMILES string of the molecule is CC(C)(C)c1ccccc1B(O)O.COc1c2cccc1-2. The Balaban J connectivity index is 0.000000170. The van der Waals surface area contributed by atoms with Crippen molar-refractivity contribution >= 4 is 12.6 Å². The maximum atomic E-state index is 9.12. The molecule has 0 atom stereocenters. The van der Waals surface area contributed by atoms with Crippen molar-refractivity contribution < 1.29 is 14.8 Å². The summed E-state index contributed by atoms with van der Waals surface area (Å²) in [7, 11) is 0.324. The second-order valence-electron chi connectivity index (χ2n) is 6.10. The maximum Gasteiger partial charge on any atom is 0.488 e. The van der Waals surface area contributed by atoms with Crippen LogP contribution in [0.2, 0.25) is 0 Å². The summed E-state index contributed by atoms with van der Waals surface area (Å²) in [6, 6.07) is 13.5. The Morgan fingerprint density at radius 3 is 1.86 bits per heavy atom. The molecule has 110 valence electrons. The van der Waals surface area contributed by atoms with Gasteiger partial charge in [0.05, 0.1) is 7.11 Å². The van der Waals surface area contributed by atoms with Crippen LogP contribution >= 0.6 is 0 Å². The maximum absolute atomic E-state index is 9.12. The lowest BCUT2D eigenvalue weighted by Crippen LogP contribution is -2.36. The minimum Gasteiger partial charge on any atom is -0.495 e. The molecule has 0 saturated heterocycles. The fraction of sp³-hybridized carbons (Fsp3) is 0.294. The monoisotopic (exact) mass is 284 g/mol. The van der Waals surface area contributed by atoms with Gasteiger partial charge in [-0.1, -0.05) is 63.2 Å². The lowest BCUT2D eigenvalue weighted by molar-refractivity contribution is 0.424. The standard InChI is InChI=1S/C10H15BO2.C7H6O/c1-10(2,3)8-6-4-5-7-9(8)11(12)13;1-8-7-5-3-2-4-6(5)7/h4-7,12-13H,1-3H3;2-4H,1H3. The first kappa shape index (κ1) is 15.6. The molecule has 0 fully saturated rings. The second-order valence-corrected chi connectivity index (χ2v) is 6.10. The molecular weight excluding hydrogens is 263 g/mol. The summed E-state index contributed by atoms with van der Waals surface area (Å²) in [5.41, 5.74) is 4.08. The van der Waals surface area contributed by atoms with E-state index in [1.54, 1.807) is 13.2 Å². The third kappa shape index (κ3) is 3.46. The molecule has 3 rings (SSSR count). The second kappa shape index (κ2) is 5.92. The van der Waals surface area contributed by atoms with E-state index < -0.39 is 7.12 Å². The van der Waals surface area contributed by atoms with Gasteiger partial charge in [-0.3, -0.25) is 0 Å². The van der Waals surface area contributed by atoms with Crippen molar-refractivity contribution in [2.45, 2.75) is 26.2 Å². The highest BCUT2D eigenvalue weighted by Crippen LogP contribution is 2.50. The summed E-state index contributed by atoms with van der Waals surface area (Å²) in [6.07, 6.45) is 0.